The molecule has 0 N–H and O–H groups in total. The molecule has 2 aliphatic heterocycles. The number of benzene rings is 5. The Bertz CT molecular complexity index is 1650. The summed E-state index contributed by atoms with van der Waals surface area (Å²) < 4.78 is 0. The van der Waals surface area contributed by atoms with Gasteiger partial charge in [0.05, 0.1) is 0 Å². The molecule has 39 heavy (non-hydrogen) atoms. The van der Waals surface area contributed by atoms with Gasteiger partial charge in [-0.15, -0.1) is 0 Å². The molecule has 0 bridgehead atoms. The first kappa shape index (κ1) is 23.6. The highest BCUT2D eigenvalue weighted by Crippen LogP contribution is 2.39. The minimum absolute atomic E-state index is 0.00637. The molecule has 0 spiro atoms. The Kier molecular flexibility index (Phi) is 6.25. The SMILES string of the molecule is C1=CN2C(=NC2c2cccc(-c3ccc(P(c4ccccc4)c4ccccc4)cc3)c2)C(c2ccccc2)=C1. The number of hydrogen-bond acceptors (Lipinski definition) is 2. The maximum absolute atomic E-state index is 5.04. The number of rotatable bonds is 6. The van der Waals surface area contributed by atoms with Crippen molar-refractivity contribution < 1.29 is 0 Å². The van der Waals surface area contributed by atoms with E-state index in [0.29, 0.717) is 0 Å². The quantitative estimate of drug-likeness (QED) is 0.213. The van der Waals surface area contributed by atoms with Gasteiger partial charge in [0.25, 0.3) is 0 Å². The van der Waals surface area contributed by atoms with Gasteiger partial charge in [-0.05, 0) is 64.3 Å². The number of fused-ring (bicyclic) bond motifs is 1. The van der Waals surface area contributed by atoms with E-state index in [4.69, 9.17) is 4.99 Å². The molecule has 1 atom stereocenters. The minimum Gasteiger partial charge on any atom is -0.306 e. The zero-order valence-corrected chi connectivity index (χ0v) is 22.3. The van der Waals surface area contributed by atoms with Gasteiger partial charge in [0, 0.05) is 11.8 Å². The molecule has 1 unspecified atom stereocenters. The number of allylic oxidation sites excluding steroid dienone is 2. The molecule has 0 fully saturated rings. The molecule has 0 aromatic heterocycles. The number of amidine groups is 1. The fourth-order valence-corrected chi connectivity index (χ4v) is 7.62. The van der Waals surface area contributed by atoms with Crippen LogP contribution in [0.5, 0.6) is 0 Å². The Balaban J connectivity index is 1.17. The third-order valence-electron chi connectivity index (χ3n) is 7.26. The van der Waals surface area contributed by atoms with Crippen LogP contribution in [0.2, 0.25) is 0 Å². The summed E-state index contributed by atoms with van der Waals surface area (Å²) in [4.78, 5) is 7.31. The highest BCUT2D eigenvalue weighted by molar-refractivity contribution is 7.79. The average molecular weight is 519 g/mol. The van der Waals surface area contributed by atoms with Crippen LogP contribution in [-0.2, 0) is 0 Å². The van der Waals surface area contributed by atoms with Crippen molar-refractivity contribution in [1.29, 1.82) is 0 Å². The Morgan fingerprint density at radius 2 is 1.13 bits per heavy atom. The fourth-order valence-electron chi connectivity index (χ4n) is 5.33. The van der Waals surface area contributed by atoms with Crippen LogP contribution in [0.25, 0.3) is 16.7 Å². The molecule has 0 saturated carbocycles. The van der Waals surface area contributed by atoms with Crippen molar-refractivity contribution >= 4 is 35.2 Å². The van der Waals surface area contributed by atoms with Crippen LogP contribution >= 0.6 is 7.92 Å². The molecule has 2 nitrogen and oxygen atoms in total. The lowest BCUT2D eigenvalue weighted by Gasteiger charge is -2.40. The zero-order chi connectivity index (χ0) is 26.0. The first-order chi connectivity index (χ1) is 19.3. The zero-order valence-electron chi connectivity index (χ0n) is 21.4. The van der Waals surface area contributed by atoms with E-state index in [1.807, 2.05) is 0 Å². The van der Waals surface area contributed by atoms with Gasteiger partial charge >= 0.3 is 0 Å². The Labute approximate surface area is 231 Å². The van der Waals surface area contributed by atoms with Gasteiger partial charge in [0.15, 0.2) is 6.17 Å². The number of hydrogen-bond donors (Lipinski definition) is 0. The van der Waals surface area contributed by atoms with E-state index >= 15 is 0 Å². The third kappa shape index (κ3) is 4.54. The van der Waals surface area contributed by atoms with E-state index in [-0.39, 0.29) is 6.17 Å². The molecule has 5 aromatic carbocycles. The summed E-state index contributed by atoms with van der Waals surface area (Å²) in [5.74, 6) is 1.04. The lowest BCUT2D eigenvalue weighted by Crippen LogP contribution is -2.40. The first-order valence-corrected chi connectivity index (χ1v) is 14.6. The van der Waals surface area contributed by atoms with Crippen LogP contribution in [0.3, 0.4) is 0 Å². The molecule has 7 rings (SSSR count). The van der Waals surface area contributed by atoms with Crippen LogP contribution < -0.4 is 15.9 Å². The highest BCUT2D eigenvalue weighted by atomic mass is 31.1. The van der Waals surface area contributed by atoms with Crippen molar-refractivity contribution in [2.24, 2.45) is 4.99 Å². The van der Waals surface area contributed by atoms with Gasteiger partial charge in [0.1, 0.15) is 5.84 Å². The normalized spacial score (nSPS) is 15.8. The van der Waals surface area contributed by atoms with Gasteiger partial charge in [-0.3, -0.25) is 0 Å². The summed E-state index contributed by atoms with van der Waals surface area (Å²) in [5, 5.41) is 4.09. The van der Waals surface area contributed by atoms with Crippen LogP contribution in [-0.4, -0.2) is 10.7 Å². The molecule has 2 heterocycles. The van der Waals surface area contributed by atoms with Crippen molar-refractivity contribution in [2.45, 2.75) is 6.17 Å². The third-order valence-corrected chi connectivity index (χ3v) is 9.70. The largest absolute Gasteiger partial charge is 0.306 e. The predicted octanol–water partition coefficient (Wildman–Crippen LogP) is 7.44. The van der Waals surface area contributed by atoms with E-state index in [0.717, 1.165) is 5.84 Å². The number of nitrogens with zero attached hydrogens (tertiary/aromatic N) is 2. The van der Waals surface area contributed by atoms with Crippen molar-refractivity contribution in [3.63, 3.8) is 0 Å². The summed E-state index contributed by atoms with van der Waals surface area (Å²) in [6, 6.07) is 50.1. The highest BCUT2D eigenvalue weighted by Gasteiger charge is 2.34. The van der Waals surface area contributed by atoms with Crippen LogP contribution in [0, 0.1) is 0 Å². The van der Waals surface area contributed by atoms with E-state index in [1.54, 1.807) is 0 Å². The van der Waals surface area contributed by atoms with Gasteiger partial charge in [0.2, 0.25) is 0 Å². The molecule has 5 aromatic rings. The van der Waals surface area contributed by atoms with E-state index < -0.39 is 7.92 Å². The Hall–Kier alpha value is -4.52. The van der Waals surface area contributed by atoms with Crippen molar-refractivity contribution in [2.75, 3.05) is 0 Å². The van der Waals surface area contributed by atoms with E-state index in [9.17, 15) is 0 Å². The summed E-state index contributed by atoms with van der Waals surface area (Å²) in [5.41, 5.74) is 6.01. The molecule has 186 valence electrons. The van der Waals surface area contributed by atoms with Crippen molar-refractivity contribution in [3.8, 4) is 11.1 Å². The molecular weight excluding hydrogens is 491 g/mol. The van der Waals surface area contributed by atoms with Crippen LogP contribution in [0.1, 0.15) is 17.3 Å². The predicted molar refractivity (Wildman–Crippen MR) is 166 cm³/mol. The molecule has 0 radical (unpaired) electrons. The van der Waals surface area contributed by atoms with Gasteiger partial charge in [-0.2, -0.15) is 0 Å². The lowest BCUT2D eigenvalue weighted by atomic mass is 9.96. The summed E-state index contributed by atoms with van der Waals surface area (Å²) in [6.45, 7) is 0. The Morgan fingerprint density at radius 3 is 1.79 bits per heavy atom. The summed E-state index contributed by atoms with van der Waals surface area (Å²) in [7, 11) is -0.607. The second kappa shape index (κ2) is 10.3. The van der Waals surface area contributed by atoms with Gasteiger partial charge in [-0.25, -0.2) is 4.99 Å². The second-order valence-electron chi connectivity index (χ2n) is 9.70. The van der Waals surface area contributed by atoms with Gasteiger partial charge in [-0.1, -0.05) is 133 Å². The first-order valence-electron chi connectivity index (χ1n) is 13.3. The second-order valence-corrected chi connectivity index (χ2v) is 11.9. The number of aliphatic imine (C=N–C) groups is 1. The van der Waals surface area contributed by atoms with Crippen molar-refractivity contribution in [1.82, 2.24) is 4.90 Å². The van der Waals surface area contributed by atoms with E-state index in [2.05, 4.69) is 163 Å². The monoisotopic (exact) mass is 518 g/mol. The molecule has 0 saturated heterocycles. The maximum Gasteiger partial charge on any atom is 0.154 e. The molecular formula is C36H27N2P. The van der Waals surface area contributed by atoms with Crippen molar-refractivity contribution in [3.05, 3.63) is 169 Å². The summed E-state index contributed by atoms with van der Waals surface area (Å²) in [6.07, 6.45) is 6.41. The Morgan fingerprint density at radius 1 is 0.538 bits per heavy atom. The van der Waals surface area contributed by atoms with Gasteiger partial charge < -0.3 is 4.90 Å². The maximum atomic E-state index is 5.04. The smallest absolute Gasteiger partial charge is 0.154 e. The van der Waals surface area contributed by atoms with E-state index in [1.165, 1.54) is 43.7 Å². The molecule has 2 aliphatic rings. The molecule has 0 amide bonds. The molecule has 0 aliphatic carbocycles. The summed E-state index contributed by atoms with van der Waals surface area (Å²) >= 11 is 0. The van der Waals surface area contributed by atoms with Crippen LogP contribution in [0.15, 0.2) is 163 Å². The standard InChI is InChI=1S/C36H27N2P/c1-4-12-28(13-5-1)34-20-11-25-38-35(37-36(34)38)30-15-10-14-29(26-30)27-21-23-33(24-22-27)39(31-16-6-2-7-17-31)32-18-8-3-9-19-32/h1-26,35H. The van der Waals surface area contributed by atoms with Crippen LogP contribution in [0.4, 0.5) is 0 Å². The topological polar surface area (TPSA) is 15.6 Å². The minimum atomic E-state index is -0.607. The average Bonchev–Trinajstić information content (AvgIpc) is 3.00. The lowest BCUT2D eigenvalue weighted by molar-refractivity contribution is 0.369. The fraction of sp³-hybridized carbons (Fsp3) is 0.0278. The molecule has 3 heteroatoms.